The molecule has 1 aromatic heterocycles. The number of hydrogen-bond acceptors (Lipinski definition) is 9. The average Bonchev–Trinajstić information content (AvgIpc) is 3.07. The van der Waals surface area contributed by atoms with Crippen LogP contribution in [0.4, 0.5) is 13.2 Å². The van der Waals surface area contributed by atoms with Gasteiger partial charge in [0.2, 0.25) is 11.7 Å². The number of aromatic nitrogens is 1. The maximum atomic E-state index is 14.0. The van der Waals surface area contributed by atoms with Crippen LogP contribution in [0.1, 0.15) is 75.1 Å². The van der Waals surface area contributed by atoms with Crippen LogP contribution in [0.25, 0.3) is 0 Å². The molecule has 1 heterocycles. The molecule has 2 aromatic carbocycles. The largest absolute Gasteiger partial charge is 0.497 e. The Hall–Kier alpha value is -5.07. The summed E-state index contributed by atoms with van der Waals surface area (Å²) in [4.78, 5) is 69.4. The number of carbonyl (C=O) groups is 5. The molecule has 10 nitrogen and oxygen atoms in total. The summed E-state index contributed by atoms with van der Waals surface area (Å²) in [5, 5.41) is 2.66. The number of hydrogen-bond donors (Lipinski definition) is 1. The first-order chi connectivity index (χ1) is 23.9. The van der Waals surface area contributed by atoms with Crippen LogP contribution < -0.4 is 14.8 Å². The molecule has 0 bridgehead atoms. The molecule has 0 spiro atoms. The number of esters is 1. The minimum atomic E-state index is -5.15. The highest BCUT2D eigenvalue weighted by molar-refractivity contribution is 5.99. The van der Waals surface area contributed by atoms with Crippen molar-refractivity contribution in [2.24, 2.45) is 17.8 Å². The first-order valence-corrected chi connectivity index (χ1v) is 16.3. The summed E-state index contributed by atoms with van der Waals surface area (Å²) in [5.41, 5.74) is 0.295. The van der Waals surface area contributed by atoms with Gasteiger partial charge in [0, 0.05) is 30.9 Å². The third kappa shape index (κ3) is 12.6. The van der Waals surface area contributed by atoms with Crippen molar-refractivity contribution in [2.45, 2.75) is 71.7 Å². The van der Waals surface area contributed by atoms with Crippen molar-refractivity contribution < 1.29 is 51.4 Å². The van der Waals surface area contributed by atoms with Crippen molar-refractivity contribution in [1.29, 1.82) is 0 Å². The maximum Gasteiger partial charge on any atom is 0.450 e. The Kier molecular flexibility index (Phi) is 14.0. The minimum absolute atomic E-state index is 0.0153. The molecule has 0 aliphatic carbocycles. The molecule has 3 rings (SSSR count). The first-order valence-electron chi connectivity index (χ1n) is 16.3. The van der Waals surface area contributed by atoms with Crippen LogP contribution in [-0.2, 0) is 30.3 Å². The monoisotopic (exact) mass is 712 g/mol. The van der Waals surface area contributed by atoms with Gasteiger partial charge in [-0.25, -0.2) is 4.79 Å². The van der Waals surface area contributed by atoms with Crippen LogP contribution >= 0.6 is 0 Å². The number of carbonyl (C=O) groups excluding carboxylic acids is 5. The lowest BCUT2D eigenvalue weighted by Crippen LogP contribution is -2.41. The first kappa shape index (κ1) is 40.4. The molecule has 1 N–H and O–H groups in total. The number of nitrogens with one attached hydrogen (secondary N) is 1. The summed E-state index contributed by atoms with van der Waals surface area (Å²) < 4.78 is 56.3. The molecular weight excluding hydrogens is 669 g/mol. The zero-order valence-corrected chi connectivity index (χ0v) is 29.4. The predicted molar refractivity (Wildman–Crippen MR) is 181 cm³/mol. The highest BCUT2D eigenvalue weighted by Gasteiger charge is 2.45. The van der Waals surface area contributed by atoms with Crippen LogP contribution in [0.2, 0.25) is 0 Å². The third-order valence-electron chi connectivity index (χ3n) is 7.84. The summed E-state index contributed by atoms with van der Waals surface area (Å²) in [6.07, 6.45) is -4.80. The minimum Gasteiger partial charge on any atom is -0.497 e. The number of benzene rings is 2. The number of rotatable bonds is 17. The molecule has 0 fully saturated rings. The van der Waals surface area contributed by atoms with Crippen LogP contribution in [0.5, 0.6) is 11.5 Å². The number of ether oxygens (including phenoxy) is 3. The van der Waals surface area contributed by atoms with Crippen LogP contribution in [0, 0.1) is 17.8 Å². The lowest BCUT2D eigenvalue weighted by molar-refractivity contribution is -0.177. The zero-order chi connectivity index (χ0) is 37.9. The number of alkyl halides is 3. The van der Waals surface area contributed by atoms with Crippen LogP contribution in [0.15, 0.2) is 72.9 Å². The lowest BCUT2D eigenvalue weighted by Gasteiger charge is -2.26. The van der Waals surface area contributed by atoms with Gasteiger partial charge in [0.1, 0.15) is 28.8 Å². The molecule has 0 aliphatic heterocycles. The van der Waals surface area contributed by atoms with Gasteiger partial charge >= 0.3 is 12.1 Å². The number of ketones is 3. The fourth-order valence-corrected chi connectivity index (χ4v) is 5.22. The van der Waals surface area contributed by atoms with Gasteiger partial charge in [-0.05, 0) is 80.6 Å². The normalized spacial score (nSPS) is 13.5. The van der Waals surface area contributed by atoms with Crippen molar-refractivity contribution >= 4 is 29.2 Å². The van der Waals surface area contributed by atoms with E-state index in [1.165, 1.54) is 57.5 Å². The van der Waals surface area contributed by atoms with E-state index < -0.39 is 71.2 Å². The highest BCUT2D eigenvalue weighted by Crippen LogP contribution is 2.31. The Morgan fingerprint density at radius 1 is 0.843 bits per heavy atom. The van der Waals surface area contributed by atoms with E-state index in [1.807, 2.05) is 0 Å². The molecule has 0 aliphatic rings. The molecule has 3 aromatic rings. The van der Waals surface area contributed by atoms with Gasteiger partial charge in [0.05, 0.1) is 7.11 Å². The van der Waals surface area contributed by atoms with Crippen molar-refractivity contribution in [3.05, 3.63) is 89.7 Å². The second kappa shape index (κ2) is 17.7. The van der Waals surface area contributed by atoms with Crippen LogP contribution in [-0.4, -0.2) is 59.7 Å². The highest BCUT2D eigenvalue weighted by atomic mass is 19.4. The van der Waals surface area contributed by atoms with Gasteiger partial charge in [-0.2, -0.15) is 13.2 Å². The second-order valence-electron chi connectivity index (χ2n) is 13.4. The summed E-state index contributed by atoms with van der Waals surface area (Å²) in [7, 11) is 1.43. The Morgan fingerprint density at radius 2 is 1.47 bits per heavy atom. The molecule has 0 unspecified atom stereocenters. The number of amides is 1. The number of halogens is 3. The SMILES string of the molecule is COc1ccc([C@H](NC(=O)[C@@H](CC(=O)c2ccccn2)Cc2ccc(OCC(=O)OC(C)(C)C)cc2)C(=O)C[C@H](C(=O)C(F)(F)F)C(C)C)cc1. The summed E-state index contributed by atoms with van der Waals surface area (Å²) in [6.45, 7) is 7.70. The van der Waals surface area contributed by atoms with E-state index in [1.54, 1.807) is 57.2 Å². The van der Waals surface area contributed by atoms with Crippen molar-refractivity contribution in [3.8, 4) is 11.5 Å². The van der Waals surface area contributed by atoms with Gasteiger partial charge in [-0.1, -0.05) is 44.2 Å². The third-order valence-corrected chi connectivity index (χ3v) is 7.84. The quantitative estimate of drug-likeness (QED) is 0.123. The maximum absolute atomic E-state index is 14.0. The van der Waals surface area contributed by atoms with Gasteiger partial charge in [0.25, 0.3) is 0 Å². The Balaban J connectivity index is 1.91. The molecule has 51 heavy (non-hydrogen) atoms. The average molecular weight is 713 g/mol. The Bertz CT molecular complexity index is 1650. The van der Waals surface area contributed by atoms with Gasteiger partial charge in [-0.15, -0.1) is 0 Å². The molecule has 13 heteroatoms. The topological polar surface area (TPSA) is 138 Å². The van der Waals surface area contributed by atoms with Gasteiger partial charge < -0.3 is 19.5 Å². The van der Waals surface area contributed by atoms with E-state index in [-0.39, 0.29) is 30.7 Å². The van der Waals surface area contributed by atoms with Gasteiger partial charge in [0.15, 0.2) is 18.2 Å². The number of Topliss-reactive ketones (excluding diaryl/α,β-unsaturated/α-hetero) is 3. The van der Waals surface area contributed by atoms with Crippen molar-refractivity contribution in [1.82, 2.24) is 10.3 Å². The van der Waals surface area contributed by atoms with E-state index in [0.29, 0.717) is 17.1 Å². The van der Waals surface area contributed by atoms with Crippen molar-refractivity contribution in [3.63, 3.8) is 0 Å². The molecule has 0 radical (unpaired) electrons. The molecule has 3 atom stereocenters. The molecular formula is C38H43F3N2O8. The fourth-order valence-electron chi connectivity index (χ4n) is 5.22. The number of pyridine rings is 1. The summed E-state index contributed by atoms with van der Waals surface area (Å²) in [6, 6.07) is 15.8. The van der Waals surface area contributed by atoms with Crippen LogP contribution in [0.3, 0.4) is 0 Å². The number of nitrogens with zero attached hydrogens (tertiary/aromatic N) is 1. The van der Waals surface area contributed by atoms with E-state index in [9.17, 15) is 37.1 Å². The summed E-state index contributed by atoms with van der Waals surface area (Å²) in [5.74, 6) is -7.33. The number of methoxy groups -OCH3 is 1. The summed E-state index contributed by atoms with van der Waals surface area (Å²) >= 11 is 0. The van der Waals surface area contributed by atoms with Crippen molar-refractivity contribution in [2.75, 3.05) is 13.7 Å². The molecule has 0 saturated carbocycles. The standard InChI is InChI=1S/C38H43F3N2O8/c1-23(2)29(35(47)38(39,40)41)21-32(45)34(25-12-16-27(49-6)17-13-25)43-36(48)26(20-31(44)30-9-7-8-18-42-30)19-24-10-14-28(15-11-24)50-22-33(46)51-37(3,4)5/h7-18,23,26,29,34H,19-22H2,1-6H3,(H,43,48)/t26-,29+,34+/m1/s1. The van der Waals surface area contributed by atoms with E-state index >= 15 is 0 Å². The van der Waals surface area contributed by atoms with E-state index in [0.717, 1.165) is 0 Å². The molecule has 1 amide bonds. The Labute approximate surface area is 295 Å². The molecule has 0 saturated heterocycles. The molecule has 274 valence electrons. The zero-order valence-electron chi connectivity index (χ0n) is 29.4. The van der Waals surface area contributed by atoms with E-state index in [4.69, 9.17) is 14.2 Å². The van der Waals surface area contributed by atoms with Gasteiger partial charge in [-0.3, -0.25) is 24.2 Å². The van der Waals surface area contributed by atoms with E-state index in [2.05, 4.69) is 10.3 Å². The predicted octanol–water partition coefficient (Wildman–Crippen LogP) is 6.46. The lowest BCUT2D eigenvalue weighted by atomic mass is 9.84. The Morgan fingerprint density at radius 3 is 2.00 bits per heavy atom. The fraction of sp³-hybridized carbons (Fsp3) is 0.421. The second-order valence-corrected chi connectivity index (χ2v) is 13.4. The smallest absolute Gasteiger partial charge is 0.450 e.